The first kappa shape index (κ1) is 16.7. The quantitative estimate of drug-likeness (QED) is 0.920. The molecule has 1 N–H and O–H groups in total. The van der Waals surface area contributed by atoms with E-state index in [0.717, 1.165) is 35.5 Å². The van der Waals surface area contributed by atoms with Crippen LogP contribution in [0.2, 0.25) is 0 Å². The van der Waals surface area contributed by atoms with E-state index in [4.69, 9.17) is 0 Å². The smallest absolute Gasteiger partial charge is 0.230 e. The zero-order valence-corrected chi connectivity index (χ0v) is 15.5. The summed E-state index contributed by atoms with van der Waals surface area (Å²) in [4.78, 5) is 15.2. The van der Waals surface area contributed by atoms with E-state index in [1.54, 1.807) is 0 Å². The van der Waals surface area contributed by atoms with Gasteiger partial charge in [0.05, 0.1) is 17.8 Å². The lowest BCUT2D eigenvalue weighted by atomic mass is 9.87. The molecule has 0 aliphatic carbocycles. The molecule has 130 valence electrons. The van der Waals surface area contributed by atoms with Gasteiger partial charge in [-0.1, -0.05) is 13.8 Å². The van der Waals surface area contributed by atoms with E-state index in [1.807, 2.05) is 43.6 Å². The van der Waals surface area contributed by atoms with Crippen molar-refractivity contribution >= 4 is 5.91 Å². The summed E-state index contributed by atoms with van der Waals surface area (Å²) in [5.41, 5.74) is 5.32. The Labute approximate surface area is 143 Å². The minimum atomic E-state index is -0.197. The van der Waals surface area contributed by atoms with Crippen LogP contribution in [0.3, 0.4) is 0 Å². The fraction of sp³-hybridized carbons (Fsp3) is 0.611. The molecule has 1 amide bonds. The van der Waals surface area contributed by atoms with Crippen LogP contribution in [-0.4, -0.2) is 37.3 Å². The highest BCUT2D eigenvalue weighted by Crippen LogP contribution is 2.32. The molecule has 2 aromatic rings. The van der Waals surface area contributed by atoms with E-state index in [0.29, 0.717) is 6.54 Å². The van der Waals surface area contributed by atoms with Gasteiger partial charge in [0.25, 0.3) is 0 Å². The van der Waals surface area contributed by atoms with Crippen LogP contribution in [-0.2, 0) is 24.8 Å². The maximum absolute atomic E-state index is 13.2. The van der Waals surface area contributed by atoms with Crippen molar-refractivity contribution in [2.24, 2.45) is 12.5 Å². The maximum Gasteiger partial charge on any atom is 0.230 e. The lowest BCUT2D eigenvalue weighted by Crippen LogP contribution is -2.39. The zero-order chi connectivity index (χ0) is 17.6. The zero-order valence-electron chi connectivity index (χ0n) is 15.5. The number of rotatable bonds is 2. The molecule has 1 aliphatic heterocycles. The van der Waals surface area contributed by atoms with Gasteiger partial charge in [-0.25, -0.2) is 0 Å². The fourth-order valence-electron chi connectivity index (χ4n) is 3.91. The molecule has 6 nitrogen and oxygen atoms in total. The Morgan fingerprint density at radius 1 is 1.38 bits per heavy atom. The molecule has 0 radical (unpaired) electrons. The summed E-state index contributed by atoms with van der Waals surface area (Å²) in [5.74, 6) is -0.0369. The second-order valence-corrected chi connectivity index (χ2v) is 7.84. The highest BCUT2D eigenvalue weighted by atomic mass is 16.2. The molecule has 0 aromatic carbocycles. The molecule has 0 saturated heterocycles. The topological polar surface area (TPSA) is 66.8 Å². The van der Waals surface area contributed by atoms with Crippen molar-refractivity contribution in [3.8, 4) is 0 Å². The van der Waals surface area contributed by atoms with Gasteiger partial charge in [-0.05, 0) is 32.6 Å². The molecule has 0 spiro atoms. The molecule has 1 atom stereocenters. The number of hydrogen-bond donors (Lipinski definition) is 1. The first-order valence-corrected chi connectivity index (χ1v) is 8.49. The highest BCUT2D eigenvalue weighted by molar-refractivity contribution is 5.84. The third-order valence-electron chi connectivity index (χ3n) is 5.07. The van der Waals surface area contributed by atoms with Crippen molar-refractivity contribution in [2.45, 2.75) is 53.5 Å². The lowest BCUT2D eigenvalue weighted by Gasteiger charge is -2.31. The first-order valence-electron chi connectivity index (χ1n) is 8.49. The van der Waals surface area contributed by atoms with E-state index in [2.05, 4.69) is 29.1 Å². The predicted octanol–water partition coefficient (Wildman–Crippen LogP) is 2.47. The molecule has 6 heteroatoms. The number of aromatic amines is 1. The summed E-state index contributed by atoms with van der Waals surface area (Å²) in [6, 6.07) is 0. The Bertz CT molecular complexity index is 751. The normalized spacial score (nSPS) is 18.2. The summed E-state index contributed by atoms with van der Waals surface area (Å²) in [6.07, 6.45) is 2.83. The fourth-order valence-corrected chi connectivity index (χ4v) is 3.91. The van der Waals surface area contributed by atoms with E-state index in [1.165, 1.54) is 5.69 Å². The van der Waals surface area contributed by atoms with Crippen LogP contribution >= 0.6 is 0 Å². The van der Waals surface area contributed by atoms with Crippen LogP contribution in [0.15, 0.2) is 6.20 Å². The van der Waals surface area contributed by atoms with Gasteiger partial charge in [-0.3, -0.25) is 14.6 Å². The Kier molecular flexibility index (Phi) is 4.01. The Balaban J connectivity index is 1.92. The third-order valence-corrected chi connectivity index (χ3v) is 5.07. The molecular formula is C18H27N5O. The molecular weight excluding hydrogens is 302 g/mol. The van der Waals surface area contributed by atoms with E-state index < -0.39 is 0 Å². The summed E-state index contributed by atoms with van der Waals surface area (Å²) in [6.45, 7) is 11.7. The number of carbonyl (C=O) groups is 1. The van der Waals surface area contributed by atoms with Gasteiger partial charge in [-0.15, -0.1) is 0 Å². The summed E-state index contributed by atoms with van der Waals surface area (Å²) < 4.78 is 1.94. The van der Waals surface area contributed by atoms with E-state index >= 15 is 0 Å². The molecule has 24 heavy (non-hydrogen) atoms. The standard InChI is InChI=1S/C18H27N5O/c1-11(16-12(2)20-21-13(16)3)17(24)23-9-14-8-19-22(6)15(14)7-18(4,5)10-23/h8,11H,7,9-10H2,1-6H3,(H,20,21). The van der Waals surface area contributed by atoms with Gasteiger partial charge < -0.3 is 4.90 Å². The van der Waals surface area contributed by atoms with Crippen LogP contribution in [0.5, 0.6) is 0 Å². The maximum atomic E-state index is 13.2. The van der Waals surface area contributed by atoms with Crippen molar-refractivity contribution in [3.05, 3.63) is 34.4 Å². The summed E-state index contributed by atoms with van der Waals surface area (Å²) >= 11 is 0. The number of H-pyrrole nitrogens is 1. The Hall–Kier alpha value is -2.11. The number of aryl methyl sites for hydroxylation is 3. The number of aromatic nitrogens is 4. The van der Waals surface area contributed by atoms with Gasteiger partial charge >= 0.3 is 0 Å². The average Bonchev–Trinajstić information content (AvgIpc) is 2.96. The van der Waals surface area contributed by atoms with Crippen LogP contribution in [0.4, 0.5) is 0 Å². The Morgan fingerprint density at radius 2 is 2.08 bits per heavy atom. The minimum Gasteiger partial charge on any atom is -0.337 e. The average molecular weight is 329 g/mol. The minimum absolute atomic E-state index is 0.0227. The summed E-state index contributed by atoms with van der Waals surface area (Å²) in [7, 11) is 1.98. The highest BCUT2D eigenvalue weighted by Gasteiger charge is 2.34. The van der Waals surface area contributed by atoms with Crippen molar-refractivity contribution in [1.82, 2.24) is 24.9 Å². The first-order chi connectivity index (χ1) is 11.2. The molecule has 3 heterocycles. The Morgan fingerprint density at radius 3 is 2.71 bits per heavy atom. The second-order valence-electron chi connectivity index (χ2n) is 7.84. The van der Waals surface area contributed by atoms with Crippen molar-refractivity contribution in [3.63, 3.8) is 0 Å². The van der Waals surface area contributed by atoms with Crippen LogP contribution in [0.25, 0.3) is 0 Å². The van der Waals surface area contributed by atoms with Crippen LogP contribution in [0.1, 0.15) is 54.9 Å². The predicted molar refractivity (Wildman–Crippen MR) is 92.6 cm³/mol. The van der Waals surface area contributed by atoms with Gasteiger partial charge in [0.1, 0.15) is 0 Å². The monoisotopic (exact) mass is 329 g/mol. The van der Waals surface area contributed by atoms with Crippen molar-refractivity contribution in [2.75, 3.05) is 6.54 Å². The SMILES string of the molecule is Cc1n[nH]c(C)c1C(C)C(=O)N1Cc2cnn(C)c2CC(C)(C)C1. The van der Waals surface area contributed by atoms with Crippen LogP contribution in [0, 0.1) is 19.3 Å². The number of carbonyl (C=O) groups excluding carboxylic acids is 1. The number of nitrogens with one attached hydrogen (secondary N) is 1. The lowest BCUT2D eigenvalue weighted by molar-refractivity contribution is -0.134. The molecule has 0 bridgehead atoms. The number of fused-ring (bicyclic) bond motifs is 1. The van der Waals surface area contributed by atoms with Gasteiger partial charge in [-0.2, -0.15) is 10.2 Å². The molecule has 0 fully saturated rings. The largest absolute Gasteiger partial charge is 0.337 e. The number of nitrogens with zero attached hydrogens (tertiary/aromatic N) is 4. The van der Waals surface area contributed by atoms with Gasteiger partial charge in [0, 0.05) is 42.7 Å². The molecule has 1 unspecified atom stereocenters. The van der Waals surface area contributed by atoms with Crippen molar-refractivity contribution in [1.29, 1.82) is 0 Å². The van der Waals surface area contributed by atoms with Gasteiger partial charge in [0.15, 0.2) is 0 Å². The molecule has 1 aliphatic rings. The molecule has 0 saturated carbocycles. The van der Waals surface area contributed by atoms with Crippen molar-refractivity contribution < 1.29 is 4.79 Å². The summed E-state index contributed by atoms with van der Waals surface area (Å²) in [5, 5.41) is 11.6. The van der Waals surface area contributed by atoms with Crippen LogP contribution < -0.4 is 0 Å². The molecule has 2 aromatic heterocycles. The number of hydrogen-bond acceptors (Lipinski definition) is 3. The van der Waals surface area contributed by atoms with E-state index in [9.17, 15) is 4.79 Å². The third kappa shape index (κ3) is 2.85. The molecule has 3 rings (SSSR count). The van der Waals surface area contributed by atoms with Gasteiger partial charge in [0.2, 0.25) is 5.91 Å². The number of amides is 1. The van der Waals surface area contributed by atoms with E-state index in [-0.39, 0.29) is 17.2 Å². The second kappa shape index (κ2) is 5.76.